The Morgan fingerprint density at radius 3 is 2.53 bits per heavy atom. The van der Waals surface area contributed by atoms with Crippen molar-refractivity contribution in [2.45, 2.75) is 13.3 Å². The fourth-order valence-electron chi connectivity index (χ4n) is 1.58. The van der Waals surface area contributed by atoms with Crippen molar-refractivity contribution >= 4 is 11.6 Å². The van der Waals surface area contributed by atoms with Gasteiger partial charge in [0, 0.05) is 25.9 Å². The van der Waals surface area contributed by atoms with Gasteiger partial charge in [-0.3, -0.25) is 4.79 Å². The molecule has 0 aromatic heterocycles. The van der Waals surface area contributed by atoms with Crippen molar-refractivity contribution in [2.24, 2.45) is 0 Å². The molecule has 94 valence electrons. The molecule has 17 heavy (non-hydrogen) atoms. The van der Waals surface area contributed by atoms with Crippen molar-refractivity contribution in [3.63, 3.8) is 0 Å². The minimum atomic E-state index is 0.120. The van der Waals surface area contributed by atoms with E-state index < -0.39 is 0 Å². The number of carbonyl (C=O) groups is 1. The van der Waals surface area contributed by atoms with Crippen molar-refractivity contribution in [3.8, 4) is 0 Å². The smallest absolute Gasteiger partial charge is 0.227 e. The second-order valence-electron chi connectivity index (χ2n) is 3.88. The van der Waals surface area contributed by atoms with Crippen LogP contribution in [0.2, 0.25) is 0 Å². The van der Waals surface area contributed by atoms with Crippen LogP contribution in [0, 0.1) is 0 Å². The van der Waals surface area contributed by atoms with Crippen molar-refractivity contribution in [1.82, 2.24) is 4.90 Å². The van der Waals surface area contributed by atoms with Gasteiger partial charge in [-0.05, 0) is 24.6 Å². The standard InChI is InChI=1S/C13H20N2O2/c1-3-15(8-9-17-2)13(16)10-11-4-6-12(14)7-5-11/h4-7H,3,8-10,14H2,1-2H3. The summed E-state index contributed by atoms with van der Waals surface area (Å²) >= 11 is 0. The summed E-state index contributed by atoms with van der Waals surface area (Å²) in [4.78, 5) is 13.8. The van der Waals surface area contributed by atoms with Gasteiger partial charge in [0.15, 0.2) is 0 Å². The zero-order valence-electron chi connectivity index (χ0n) is 10.5. The molecule has 1 rings (SSSR count). The van der Waals surface area contributed by atoms with Gasteiger partial charge in [0.2, 0.25) is 5.91 Å². The fourth-order valence-corrected chi connectivity index (χ4v) is 1.58. The normalized spacial score (nSPS) is 10.2. The average molecular weight is 236 g/mol. The maximum atomic E-state index is 12.0. The number of methoxy groups -OCH3 is 1. The van der Waals surface area contributed by atoms with Gasteiger partial charge >= 0.3 is 0 Å². The van der Waals surface area contributed by atoms with Crippen molar-refractivity contribution in [1.29, 1.82) is 0 Å². The first-order chi connectivity index (χ1) is 8.17. The Balaban J connectivity index is 2.54. The third-order valence-electron chi connectivity index (χ3n) is 2.63. The lowest BCUT2D eigenvalue weighted by molar-refractivity contribution is -0.130. The third kappa shape index (κ3) is 4.44. The van der Waals surface area contributed by atoms with E-state index in [1.807, 2.05) is 31.2 Å². The van der Waals surface area contributed by atoms with Crippen LogP contribution < -0.4 is 5.73 Å². The zero-order valence-corrected chi connectivity index (χ0v) is 10.5. The molecule has 0 unspecified atom stereocenters. The molecule has 4 nitrogen and oxygen atoms in total. The van der Waals surface area contributed by atoms with E-state index in [9.17, 15) is 4.79 Å². The van der Waals surface area contributed by atoms with Gasteiger partial charge in [0.1, 0.15) is 0 Å². The van der Waals surface area contributed by atoms with E-state index in [-0.39, 0.29) is 5.91 Å². The minimum absolute atomic E-state index is 0.120. The number of hydrogen-bond acceptors (Lipinski definition) is 3. The average Bonchev–Trinajstić information content (AvgIpc) is 2.33. The van der Waals surface area contributed by atoms with Crippen LogP contribution in [0.4, 0.5) is 5.69 Å². The summed E-state index contributed by atoms with van der Waals surface area (Å²) in [6.07, 6.45) is 0.415. The Hall–Kier alpha value is -1.55. The van der Waals surface area contributed by atoms with Crippen molar-refractivity contribution < 1.29 is 9.53 Å². The molecule has 0 aliphatic carbocycles. The van der Waals surface area contributed by atoms with Crippen LogP contribution in [0.3, 0.4) is 0 Å². The van der Waals surface area contributed by atoms with Crippen LogP contribution in [0.5, 0.6) is 0 Å². The molecule has 1 amide bonds. The number of nitrogens with two attached hydrogens (primary N) is 1. The lowest BCUT2D eigenvalue weighted by atomic mass is 10.1. The summed E-state index contributed by atoms with van der Waals surface area (Å²) in [6, 6.07) is 7.40. The number of ether oxygens (including phenoxy) is 1. The van der Waals surface area contributed by atoms with Crippen LogP contribution in [0.15, 0.2) is 24.3 Å². The number of rotatable bonds is 6. The Bertz CT molecular complexity index is 349. The molecule has 1 aromatic rings. The summed E-state index contributed by atoms with van der Waals surface area (Å²) in [5.74, 6) is 0.120. The van der Waals surface area contributed by atoms with Gasteiger partial charge in [0.25, 0.3) is 0 Å². The fraction of sp³-hybridized carbons (Fsp3) is 0.462. The largest absolute Gasteiger partial charge is 0.399 e. The van der Waals surface area contributed by atoms with E-state index in [0.717, 1.165) is 5.56 Å². The van der Waals surface area contributed by atoms with E-state index >= 15 is 0 Å². The first kappa shape index (κ1) is 13.5. The highest BCUT2D eigenvalue weighted by molar-refractivity contribution is 5.78. The Morgan fingerprint density at radius 2 is 2.00 bits per heavy atom. The number of nitrogen functional groups attached to an aromatic ring is 1. The Labute approximate surface area is 102 Å². The highest BCUT2D eigenvalue weighted by atomic mass is 16.5. The summed E-state index contributed by atoms with van der Waals surface area (Å²) in [5, 5.41) is 0. The molecule has 0 saturated carbocycles. The maximum absolute atomic E-state index is 12.0. The second kappa shape index (κ2) is 6.91. The number of nitrogens with zero attached hydrogens (tertiary/aromatic N) is 1. The SMILES string of the molecule is CCN(CCOC)C(=O)Cc1ccc(N)cc1. The topological polar surface area (TPSA) is 55.6 Å². The van der Waals surface area contributed by atoms with Crippen LogP contribution in [0.1, 0.15) is 12.5 Å². The number of hydrogen-bond donors (Lipinski definition) is 1. The molecule has 0 radical (unpaired) electrons. The number of amides is 1. The lowest BCUT2D eigenvalue weighted by Crippen LogP contribution is -2.34. The zero-order chi connectivity index (χ0) is 12.7. The summed E-state index contributed by atoms with van der Waals surface area (Å²) in [6.45, 7) is 3.88. The summed E-state index contributed by atoms with van der Waals surface area (Å²) in [5.41, 5.74) is 7.30. The van der Waals surface area contributed by atoms with Crippen molar-refractivity contribution in [2.75, 3.05) is 32.5 Å². The predicted octanol–water partition coefficient (Wildman–Crippen LogP) is 1.31. The van der Waals surface area contributed by atoms with Gasteiger partial charge in [0.05, 0.1) is 13.0 Å². The van der Waals surface area contributed by atoms with Crippen LogP contribution in [-0.4, -0.2) is 37.6 Å². The first-order valence-electron chi connectivity index (χ1n) is 5.78. The molecule has 2 N–H and O–H groups in total. The van der Waals surface area contributed by atoms with Gasteiger partial charge in [-0.25, -0.2) is 0 Å². The molecule has 0 atom stereocenters. The van der Waals surface area contributed by atoms with Crippen LogP contribution in [-0.2, 0) is 16.0 Å². The molecule has 4 heteroatoms. The maximum Gasteiger partial charge on any atom is 0.227 e. The van der Waals surface area contributed by atoms with E-state index in [4.69, 9.17) is 10.5 Å². The minimum Gasteiger partial charge on any atom is -0.399 e. The monoisotopic (exact) mass is 236 g/mol. The predicted molar refractivity (Wildman–Crippen MR) is 68.7 cm³/mol. The van der Waals surface area contributed by atoms with E-state index in [1.54, 1.807) is 12.0 Å². The highest BCUT2D eigenvalue weighted by Gasteiger charge is 2.11. The molecule has 0 saturated heterocycles. The third-order valence-corrected chi connectivity index (χ3v) is 2.63. The second-order valence-corrected chi connectivity index (χ2v) is 3.88. The molecule has 0 fully saturated rings. The van der Waals surface area contributed by atoms with Gasteiger partial charge in [-0.15, -0.1) is 0 Å². The molecule has 0 heterocycles. The number of carbonyl (C=O) groups excluding carboxylic acids is 1. The highest BCUT2D eigenvalue weighted by Crippen LogP contribution is 2.07. The molecule has 0 aliphatic rings. The molecule has 0 aliphatic heterocycles. The summed E-state index contributed by atoms with van der Waals surface area (Å²) < 4.78 is 4.98. The molecular formula is C13H20N2O2. The van der Waals surface area contributed by atoms with Crippen molar-refractivity contribution in [3.05, 3.63) is 29.8 Å². The lowest BCUT2D eigenvalue weighted by Gasteiger charge is -2.20. The Morgan fingerprint density at radius 1 is 1.35 bits per heavy atom. The number of anilines is 1. The Kier molecular flexibility index (Phi) is 5.49. The number of likely N-dealkylation sites (N-methyl/N-ethyl adjacent to an activating group) is 1. The molecular weight excluding hydrogens is 216 g/mol. The van der Waals surface area contributed by atoms with Gasteiger partial charge < -0.3 is 15.4 Å². The van der Waals surface area contributed by atoms with E-state index in [2.05, 4.69) is 0 Å². The summed E-state index contributed by atoms with van der Waals surface area (Å²) in [7, 11) is 1.64. The molecule has 1 aromatic carbocycles. The van der Waals surface area contributed by atoms with Crippen LogP contribution >= 0.6 is 0 Å². The van der Waals surface area contributed by atoms with E-state index in [0.29, 0.717) is 31.8 Å². The van der Waals surface area contributed by atoms with Crippen LogP contribution in [0.25, 0.3) is 0 Å². The number of benzene rings is 1. The van der Waals surface area contributed by atoms with E-state index in [1.165, 1.54) is 0 Å². The quantitative estimate of drug-likeness (QED) is 0.758. The molecule has 0 bridgehead atoms. The van der Waals surface area contributed by atoms with Gasteiger partial charge in [-0.2, -0.15) is 0 Å². The first-order valence-corrected chi connectivity index (χ1v) is 5.78. The molecule has 0 spiro atoms. The van der Waals surface area contributed by atoms with Gasteiger partial charge in [-0.1, -0.05) is 12.1 Å².